The Labute approximate surface area is 97.6 Å². The Hall–Kier alpha value is -1.29. The number of hydrogen-bond acceptors (Lipinski definition) is 1. The summed E-state index contributed by atoms with van der Waals surface area (Å²) in [6.45, 7) is 0. The number of aliphatic hydroxyl groups is 1. The first kappa shape index (κ1) is 12.2. The highest BCUT2D eigenvalue weighted by atomic mass is 19.4. The fourth-order valence-electron chi connectivity index (χ4n) is 2.18. The number of rotatable bonds is 1. The van der Waals surface area contributed by atoms with Crippen LogP contribution < -0.4 is 0 Å². The van der Waals surface area contributed by atoms with Crippen molar-refractivity contribution < 1.29 is 18.3 Å². The molecule has 1 atom stereocenters. The normalized spacial score (nSPS) is 24.9. The van der Waals surface area contributed by atoms with Crippen LogP contribution in [0.3, 0.4) is 0 Å². The summed E-state index contributed by atoms with van der Waals surface area (Å²) < 4.78 is 38.5. The van der Waals surface area contributed by atoms with Gasteiger partial charge in [0.05, 0.1) is 5.56 Å². The van der Waals surface area contributed by atoms with Crippen LogP contribution in [-0.4, -0.2) is 5.11 Å². The van der Waals surface area contributed by atoms with Crippen LogP contribution in [0.25, 0.3) is 0 Å². The number of halogens is 3. The first-order chi connectivity index (χ1) is 7.93. The van der Waals surface area contributed by atoms with E-state index in [1.165, 1.54) is 24.3 Å². The van der Waals surface area contributed by atoms with Gasteiger partial charge in [0.2, 0.25) is 0 Å². The molecule has 0 heterocycles. The molecule has 0 saturated carbocycles. The Morgan fingerprint density at radius 3 is 2.47 bits per heavy atom. The summed E-state index contributed by atoms with van der Waals surface area (Å²) in [4.78, 5) is 0. The van der Waals surface area contributed by atoms with Crippen LogP contribution in [0.4, 0.5) is 13.2 Å². The molecule has 1 N–H and O–H groups in total. The molecule has 1 aromatic carbocycles. The molecule has 0 radical (unpaired) electrons. The van der Waals surface area contributed by atoms with Gasteiger partial charge in [0.1, 0.15) is 5.60 Å². The van der Waals surface area contributed by atoms with Crippen molar-refractivity contribution in [1.29, 1.82) is 0 Å². The second-order valence-electron chi connectivity index (χ2n) is 4.26. The minimum Gasteiger partial charge on any atom is -0.381 e. The van der Waals surface area contributed by atoms with Crippen LogP contribution in [0.5, 0.6) is 0 Å². The number of benzene rings is 1. The van der Waals surface area contributed by atoms with Gasteiger partial charge in [-0.05, 0) is 30.9 Å². The Bertz CT molecular complexity index is 437. The van der Waals surface area contributed by atoms with Crippen molar-refractivity contribution in [3.63, 3.8) is 0 Å². The SMILES string of the molecule is OC1(c2ccccc2C(F)(F)F)C=CCCC1. The highest BCUT2D eigenvalue weighted by Crippen LogP contribution is 2.40. The lowest BCUT2D eigenvalue weighted by Gasteiger charge is -2.30. The van der Waals surface area contributed by atoms with Gasteiger partial charge in [0, 0.05) is 0 Å². The predicted molar refractivity (Wildman–Crippen MR) is 58.3 cm³/mol. The zero-order valence-electron chi connectivity index (χ0n) is 9.17. The molecule has 0 bridgehead atoms. The first-order valence-electron chi connectivity index (χ1n) is 5.50. The monoisotopic (exact) mass is 242 g/mol. The quantitative estimate of drug-likeness (QED) is 0.745. The number of hydrogen-bond donors (Lipinski definition) is 1. The molecule has 0 spiro atoms. The third-order valence-electron chi connectivity index (χ3n) is 3.02. The van der Waals surface area contributed by atoms with Gasteiger partial charge in [-0.2, -0.15) is 13.2 Å². The maximum atomic E-state index is 12.8. The van der Waals surface area contributed by atoms with Crippen molar-refractivity contribution >= 4 is 0 Å². The molecule has 1 aromatic rings. The molecular formula is C13H13F3O. The van der Waals surface area contributed by atoms with Crippen LogP contribution in [0.2, 0.25) is 0 Å². The van der Waals surface area contributed by atoms with E-state index in [1.54, 1.807) is 6.08 Å². The summed E-state index contributed by atoms with van der Waals surface area (Å²) in [6, 6.07) is 5.21. The summed E-state index contributed by atoms with van der Waals surface area (Å²) in [5.74, 6) is 0. The minimum absolute atomic E-state index is 0.0524. The summed E-state index contributed by atoms with van der Waals surface area (Å²) in [5.41, 5.74) is -2.29. The summed E-state index contributed by atoms with van der Waals surface area (Å²) in [6.07, 6.45) is 0.599. The Balaban J connectivity index is 2.52. The lowest BCUT2D eigenvalue weighted by molar-refractivity contribution is -0.140. The van der Waals surface area contributed by atoms with Crippen LogP contribution in [0.1, 0.15) is 30.4 Å². The van der Waals surface area contributed by atoms with Crippen molar-refractivity contribution in [1.82, 2.24) is 0 Å². The van der Waals surface area contributed by atoms with E-state index in [1.807, 2.05) is 0 Å². The maximum Gasteiger partial charge on any atom is 0.416 e. The Kier molecular flexibility index (Phi) is 3.00. The average Bonchev–Trinajstić information content (AvgIpc) is 2.29. The van der Waals surface area contributed by atoms with Crippen molar-refractivity contribution in [3.05, 3.63) is 47.5 Å². The predicted octanol–water partition coefficient (Wildman–Crippen LogP) is 3.63. The lowest BCUT2D eigenvalue weighted by Crippen LogP contribution is -2.28. The van der Waals surface area contributed by atoms with Crippen molar-refractivity contribution in [2.24, 2.45) is 0 Å². The molecule has 0 saturated heterocycles. The summed E-state index contributed by atoms with van der Waals surface area (Å²) in [7, 11) is 0. The van der Waals surface area contributed by atoms with E-state index in [0.717, 1.165) is 12.5 Å². The van der Waals surface area contributed by atoms with Gasteiger partial charge < -0.3 is 5.11 Å². The molecule has 0 aromatic heterocycles. The topological polar surface area (TPSA) is 20.2 Å². The number of alkyl halides is 3. The van der Waals surface area contributed by atoms with Gasteiger partial charge in [-0.1, -0.05) is 30.4 Å². The van der Waals surface area contributed by atoms with E-state index in [-0.39, 0.29) is 5.56 Å². The minimum atomic E-state index is -4.43. The zero-order chi connectivity index (χ0) is 12.5. The molecule has 1 unspecified atom stereocenters. The summed E-state index contributed by atoms with van der Waals surface area (Å²) in [5, 5.41) is 10.3. The van der Waals surface area contributed by atoms with E-state index in [2.05, 4.69) is 0 Å². The molecule has 1 nitrogen and oxygen atoms in total. The zero-order valence-corrected chi connectivity index (χ0v) is 9.17. The van der Waals surface area contributed by atoms with E-state index in [9.17, 15) is 18.3 Å². The first-order valence-corrected chi connectivity index (χ1v) is 5.50. The van der Waals surface area contributed by atoms with Crippen molar-refractivity contribution in [3.8, 4) is 0 Å². The molecule has 2 rings (SSSR count). The molecule has 4 heteroatoms. The van der Waals surface area contributed by atoms with Crippen LogP contribution >= 0.6 is 0 Å². The van der Waals surface area contributed by atoms with Gasteiger partial charge in [0.25, 0.3) is 0 Å². The maximum absolute atomic E-state index is 12.8. The van der Waals surface area contributed by atoms with Gasteiger partial charge in [-0.15, -0.1) is 0 Å². The van der Waals surface area contributed by atoms with E-state index < -0.39 is 17.3 Å². The van der Waals surface area contributed by atoms with Crippen molar-refractivity contribution in [2.45, 2.75) is 31.0 Å². The fourth-order valence-corrected chi connectivity index (χ4v) is 2.18. The third-order valence-corrected chi connectivity index (χ3v) is 3.02. The molecular weight excluding hydrogens is 229 g/mol. The van der Waals surface area contributed by atoms with E-state index in [4.69, 9.17) is 0 Å². The fraction of sp³-hybridized carbons (Fsp3) is 0.385. The van der Waals surface area contributed by atoms with Crippen LogP contribution in [-0.2, 0) is 11.8 Å². The second-order valence-corrected chi connectivity index (χ2v) is 4.26. The molecule has 92 valence electrons. The Morgan fingerprint density at radius 2 is 1.88 bits per heavy atom. The highest BCUT2D eigenvalue weighted by molar-refractivity contribution is 5.38. The second kappa shape index (κ2) is 4.18. The number of allylic oxidation sites excluding steroid dienone is 1. The standard InChI is InChI=1S/C13H13F3O/c14-13(15,16)11-7-3-2-6-10(11)12(17)8-4-1-5-9-12/h2-4,6-8,17H,1,5,9H2. The lowest BCUT2D eigenvalue weighted by atomic mass is 9.82. The highest BCUT2D eigenvalue weighted by Gasteiger charge is 2.39. The van der Waals surface area contributed by atoms with Gasteiger partial charge in [0.15, 0.2) is 0 Å². The Morgan fingerprint density at radius 1 is 1.18 bits per heavy atom. The molecule has 0 aliphatic heterocycles. The van der Waals surface area contributed by atoms with Gasteiger partial charge in [-0.3, -0.25) is 0 Å². The van der Waals surface area contributed by atoms with Gasteiger partial charge in [-0.25, -0.2) is 0 Å². The molecule has 1 aliphatic rings. The van der Waals surface area contributed by atoms with E-state index >= 15 is 0 Å². The van der Waals surface area contributed by atoms with Crippen LogP contribution in [0.15, 0.2) is 36.4 Å². The van der Waals surface area contributed by atoms with Crippen LogP contribution in [0, 0.1) is 0 Å². The summed E-state index contributed by atoms with van der Waals surface area (Å²) >= 11 is 0. The third kappa shape index (κ3) is 2.36. The van der Waals surface area contributed by atoms with Gasteiger partial charge >= 0.3 is 6.18 Å². The molecule has 0 amide bonds. The smallest absolute Gasteiger partial charge is 0.381 e. The molecule has 0 fully saturated rings. The van der Waals surface area contributed by atoms with Crippen molar-refractivity contribution in [2.75, 3.05) is 0 Å². The molecule has 17 heavy (non-hydrogen) atoms. The largest absolute Gasteiger partial charge is 0.416 e. The molecule has 1 aliphatic carbocycles. The van der Waals surface area contributed by atoms with E-state index in [0.29, 0.717) is 12.8 Å². The average molecular weight is 242 g/mol.